The van der Waals surface area contributed by atoms with Crippen LogP contribution in [0.1, 0.15) is 59.8 Å². The first-order valence-electron chi connectivity index (χ1n) is 11.9. The Hall–Kier alpha value is -1.35. The van der Waals surface area contributed by atoms with E-state index in [-0.39, 0.29) is 36.8 Å². The van der Waals surface area contributed by atoms with Crippen LogP contribution >= 0.6 is 0 Å². The molecule has 0 aromatic heterocycles. The number of carbonyl (C=O) groups is 2. The van der Waals surface area contributed by atoms with E-state index in [1.165, 1.54) is 0 Å². The topological polar surface area (TPSA) is 70.1 Å². The maximum absolute atomic E-state index is 13.1. The maximum Gasteiger partial charge on any atom is 0.423 e. The van der Waals surface area contributed by atoms with Crippen molar-refractivity contribution in [3.05, 3.63) is 0 Å². The molecule has 2 heterocycles. The van der Waals surface area contributed by atoms with Gasteiger partial charge in [0.1, 0.15) is 6.10 Å². The average Bonchev–Trinajstić information content (AvgIpc) is 2.77. The Bertz CT molecular complexity index is 615. The molecular weight excluding hydrogens is 425 g/mol. The van der Waals surface area contributed by atoms with Crippen LogP contribution < -0.4 is 0 Å². The number of aliphatic hydroxyl groups is 1. The van der Waals surface area contributed by atoms with Gasteiger partial charge in [0.05, 0.1) is 6.61 Å². The Morgan fingerprint density at radius 1 is 1.00 bits per heavy atom. The van der Waals surface area contributed by atoms with Crippen molar-refractivity contribution in [2.45, 2.75) is 78.2 Å². The fraction of sp³-hybridized carbons (Fsp3) is 0.913. The first-order chi connectivity index (χ1) is 15.0. The zero-order valence-corrected chi connectivity index (χ0v) is 19.7. The molecule has 0 radical (unpaired) electrons. The second kappa shape index (κ2) is 11.7. The highest BCUT2D eigenvalue weighted by molar-refractivity contribution is 5.82. The number of aliphatic hydroxyl groups excluding tert-OH is 1. The molecule has 0 aromatic carbocycles. The third-order valence-corrected chi connectivity index (χ3v) is 7.24. The standard InChI is InChI=1S/C23H39F3N2O4/c1-5-16(3)19(21(30)27-10-6-15(2)7-11-27)32-14-17(4)18-8-12-28(13-9-18)22(31)20(29)23(24,25)26/h15-20,29H,5-14H2,1-4H3. The molecule has 4 unspecified atom stereocenters. The predicted octanol–water partition coefficient (Wildman–Crippen LogP) is 3.47. The van der Waals surface area contributed by atoms with Crippen LogP contribution in [0.5, 0.6) is 0 Å². The number of halogens is 3. The highest BCUT2D eigenvalue weighted by atomic mass is 19.4. The van der Waals surface area contributed by atoms with Gasteiger partial charge in [-0.2, -0.15) is 13.2 Å². The van der Waals surface area contributed by atoms with Crippen LogP contribution in [-0.4, -0.2) is 77.9 Å². The number of hydrogen-bond donors (Lipinski definition) is 1. The van der Waals surface area contributed by atoms with Crippen LogP contribution in [0, 0.1) is 23.7 Å². The van der Waals surface area contributed by atoms with Gasteiger partial charge in [0.25, 0.3) is 11.8 Å². The van der Waals surface area contributed by atoms with Crippen molar-refractivity contribution >= 4 is 11.8 Å². The van der Waals surface area contributed by atoms with E-state index in [2.05, 4.69) is 6.92 Å². The second-order valence-electron chi connectivity index (χ2n) is 9.73. The van der Waals surface area contributed by atoms with E-state index in [1.54, 1.807) is 0 Å². The summed E-state index contributed by atoms with van der Waals surface area (Å²) in [6.07, 6.45) is -4.44. The van der Waals surface area contributed by atoms with Gasteiger partial charge in [-0.15, -0.1) is 0 Å². The monoisotopic (exact) mass is 464 g/mol. The van der Waals surface area contributed by atoms with Crippen LogP contribution in [0.25, 0.3) is 0 Å². The largest absolute Gasteiger partial charge is 0.423 e. The average molecular weight is 465 g/mol. The number of likely N-dealkylation sites (tertiary alicyclic amines) is 2. The quantitative estimate of drug-likeness (QED) is 0.597. The van der Waals surface area contributed by atoms with E-state index >= 15 is 0 Å². The third kappa shape index (κ3) is 7.07. The Labute approximate surface area is 189 Å². The number of carbonyl (C=O) groups excluding carboxylic acids is 2. The lowest BCUT2D eigenvalue weighted by Crippen LogP contribution is -2.50. The Balaban J connectivity index is 1.86. The lowest BCUT2D eigenvalue weighted by molar-refractivity contribution is -0.211. The van der Waals surface area contributed by atoms with Crippen LogP contribution in [0.2, 0.25) is 0 Å². The first-order valence-corrected chi connectivity index (χ1v) is 11.9. The minimum Gasteiger partial charge on any atom is -0.376 e. The molecule has 2 amide bonds. The molecule has 0 bridgehead atoms. The summed E-state index contributed by atoms with van der Waals surface area (Å²) in [4.78, 5) is 28.0. The normalized spacial score (nSPS) is 23.0. The lowest BCUT2D eigenvalue weighted by Gasteiger charge is -2.37. The molecule has 4 atom stereocenters. The highest BCUT2D eigenvalue weighted by Crippen LogP contribution is 2.29. The summed E-state index contributed by atoms with van der Waals surface area (Å²) in [6.45, 7) is 10.6. The summed E-state index contributed by atoms with van der Waals surface area (Å²) in [5.41, 5.74) is 0. The van der Waals surface area contributed by atoms with Gasteiger partial charge in [0.2, 0.25) is 6.10 Å². The summed E-state index contributed by atoms with van der Waals surface area (Å²) in [6, 6.07) is 0. The molecular formula is C23H39F3N2O4. The van der Waals surface area contributed by atoms with E-state index in [0.29, 0.717) is 25.4 Å². The van der Waals surface area contributed by atoms with Gasteiger partial charge in [-0.3, -0.25) is 9.59 Å². The molecule has 32 heavy (non-hydrogen) atoms. The van der Waals surface area contributed by atoms with Gasteiger partial charge in [0, 0.05) is 26.2 Å². The van der Waals surface area contributed by atoms with Gasteiger partial charge >= 0.3 is 6.18 Å². The molecule has 0 spiro atoms. The molecule has 2 fully saturated rings. The highest BCUT2D eigenvalue weighted by Gasteiger charge is 2.46. The van der Waals surface area contributed by atoms with Crippen LogP contribution in [0.4, 0.5) is 13.2 Å². The van der Waals surface area contributed by atoms with Gasteiger partial charge in [-0.1, -0.05) is 34.1 Å². The van der Waals surface area contributed by atoms with Crippen LogP contribution in [-0.2, 0) is 14.3 Å². The predicted molar refractivity (Wildman–Crippen MR) is 115 cm³/mol. The third-order valence-electron chi connectivity index (χ3n) is 7.24. The molecule has 0 aromatic rings. The molecule has 2 saturated heterocycles. The van der Waals surface area contributed by atoms with Gasteiger partial charge in [0.15, 0.2) is 0 Å². The number of ether oxygens (including phenoxy) is 1. The fourth-order valence-electron chi connectivity index (χ4n) is 4.50. The summed E-state index contributed by atoms with van der Waals surface area (Å²) in [7, 11) is 0. The van der Waals surface area contributed by atoms with E-state index in [1.807, 2.05) is 25.7 Å². The fourth-order valence-corrected chi connectivity index (χ4v) is 4.50. The van der Waals surface area contributed by atoms with Crippen LogP contribution in [0.3, 0.4) is 0 Å². The Morgan fingerprint density at radius 3 is 2.00 bits per heavy atom. The van der Waals surface area contributed by atoms with Crippen molar-refractivity contribution < 1.29 is 32.6 Å². The van der Waals surface area contributed by atoms with Crippen molar-refractivity contribution in [1.29, 1.82) is 0 Å². The summed E-state index contributed by atoms with van der Waals surface area (Å²) < 4.78 is 44.0. The Morgan fingerprint density at radius 2 is 1.50 bits per heavy atom. The number of nitrogens with zero attached hydrogens (tertiary/aromatic N) is 2. The van der Waals surface area contributed by atoms with Crippen molar-refractivity contribution in [3.63, 3.8) is 0 Å². The van der Waals surface area contributed by atoms with Crippen molar-refractivity contribution in [3.8, 4) is 0 Å². The smallest absolute Gasteiger partial charge is 0.376 e. The van der Waals surface area contributed by atoms with E-state index in [9.17, 15) is 27.9 Å². The molecule has 0 aliphatic carbocycles. The van der Waals surface area contributed by atoms with Crippen molar-refractivity contribution in [1.82, 2.24) is 9.80 Å². The molecule has 0 saturated carbocycles. The zero-order chi connectivity index (χ0) is 24.1. The summed E-state index contributed by atoms with van der Waals surface area (Å²) >= 11 is 0. The minimum absolute atomic E-state index is 0.0556. The number of hydrogen-bond acceptors (Lipinski definition) is 4. The minimum atomic E-state index is -4.95. The van der Waals surface area contributed by atoms with Crippen molar-refractivity contribution in [2.75, 3.05) is 32.8 Å². The summed E-state index contributed by atoms with van der Waals surface area (Å²) in [5, 5.41) is 9.20. The van der Waals surface area contributed by atoms with E-state index in [0.717, 1.165) is 37.3 Å². The molecule has 2 rings (SSSR count). The first kappa shape index (κ1) is 26.9. The molecule has 1 N–H and O–H groups in total. The number of piperidine rings is 2. The van der Waals surface area contributed by atoms with E-state index < -0.39 is 24.3 Å². The number of alkyl halides is 3. The lowest BCUT2D eigenvalue weighted by atomic mass is 9.85. The Kier molecular flexibility index (Phi) is 9.82. The second-order valence-corrected chi connectivity index (χ2v) is 9.73. The molecule has 6 nitrogen and oxygen atoms in total. The zero-order valence-electron chi connectivity index (χ0n) is 19.7. The number of amides is 2. The van der Waals surface area contributed by atoms with Crippen molar-refractivity contribution in [2.24, 2.45) is 23.7 Å². The molecule has 186 valence electrons. The SMILES string of the molecule is CCC(C)C(OCC(C)C1CCN(C(=O)C(O)C(F)(F)F)CC1)C(=O)N1CCC(C)CC1. The molecule has 2 aliphatic rings. The van der Waals surface area contributed by atoms with E-state index in [4.69, 9.17) is 4.74 Å². The van der Waals surface area contributed by atoms with Gasteiger partial charge in [-0.25, -0.2) is 0 Å². The maximum atomic E-state index is 13.1. The molecule has 9 heteroatoms. The molecule has 2 aliphatic heterocycles. The summed E-state index contributed by atoms with van der Waals surface area (Å²) in [5.74, 6) is -0.196. The number of rotatable bonds is 8. The van der Waals surface area contributed by atoms with Gasteiger partial charge in [-0.05, 0) is 49.4 Å². The van der Waals surface area contributed by atoms with Gasteiger partial charge < -0.3 is 19.6 Å². The van der Waals surface area contributed by atoms with Crippen LogP contribution in [0.15, 0.2) is 0 Å².